The maximum absolute atomic E-state index is 12.6. The molecule has 6 heteroatoms. The van der Waals surface area contributed by atoms with Crippen molar-refractivity contribution in [3.63, 3.8) is 0 Å². The molecular weight excluding hydrogens is 219 g/mol. The van der Waals surface area contributed by atoms with E-state index in [-0.39, 0.29) is 17.2 Å². The minimum absolute atomic E-state index is 0.165. The molecule has 0 saturated heterocycles. The number of hydrogen-bond donors (Lipinski definition) is 1. The van der Waals surface area contributed by atoms with Crippen LogP contribution in [-0.2, 0) is 6.54 Å². The highest BCUT2D eigenvalue weighted by Gasteiger charge is 2.04. The lowest BCUT2D eigenvalue weighted by Gasteiger charge is -1.99. The van der Waals surface area contributed by atoms with Crippen LogP contribution in [0.25, 0.3) is 0 Å². The highest BCUT2D eigenvalue weighted by Crippen LogP contribution is 2.02. The molecule has 0 amide bonds. The SMILES string of the molecule is O=c1[nH]sc(=O)n1Cc1ccc(F)cc1. The van der Waals surface area contributed by atoms with Gasteiger partial charge in [0.05, 0.1) is 6.54 Å². The highest BCUT2D eigenvalue weighted by atomic mass is 32.1. The van der Waals surface area contributed by atoms with Gasteiger partial charge in [0.1, 0.15) is 5.82 Å². The zero-order valence-corrected chi connectivity index (χ0v) is 8.38. The Hall–Kier alpha value is -1.69. The van der Waals surface area contributed by atoms with Gasteiger partial charge < -0.3 is 0 Å². The third-order valence-corrected chi connectivity index (χ3v) is 2.62. The number of halogens is 1. The van der Waals surface area contributed by atoms with E-state index in [2.05, 4.69) is 4.37 Å². The molecule has 0 aliphatic heterocycles. The van der Waals surface area contributed by atoms with E-state index >= 15 is 0 Å². The smallest absolute Gasteiger partial charge is 0.258 e. The van der Waals surface area contributed by atoms with Gasteiger partial charge in [0.25, 0.3) is 0 Å². The van der Waals surface area contributed by atoms with Gasteiger partial charge in [-0.2, -0.15) is 0 Å². The standard InChI is InChI=1S/C9H7FN2O2S/c10-7-3-1-6(2-4-7)5-12-8(13)11-15-9(12)14/h1-4H,5H2,(H,11,13). The van der Waals surface area contributed by atoms with Gasteiger partial charge in [-0.25, -0.2) is 13.8 Å². The first kappa shape index (κ1) is 9.85. The van der Waals surface area contributed by atoms with Crippen molar-refractivity contribution in [1.82, 2.24) is 8.94 Å². The van der Waals surface area contributed by atoms with Crippen LogP contribution >= 0.6 is 11.5 Å². The van der Waals surface area contributed by atoms with Crippen LogP contribution in [0.1, 0.15) is 5.56 Å². The van der Waals surface area contributed by atoms with Crippen LogP contribution in [-0.4, -0.2) is 8.94 Å². The van der Waals surface area contributed by atoms with Crippen LogP contribution in [0.3, 0.4) is 0 Å². The van der Waals surface area contributed by atoms with Crippen molar-refractivity contribution in [1.29, 1.82) is 0 Å². The fraction of sp³-hybridized carbons (Fsp3) is 0.111. The minimum Gasteiger partial charge on any atom is -0.258 e. The Labute approximate surface area is 87.8 Å². The van der Waals surface area contributed by atoms with E-state index < -0.39 is 5.69 Å². The summed E-state index contributed by atoms with van der Waals surface area (Å²) in [5.74, 6) is -0.342. The summed E-state index contributed by atoms with van der Waals surface area (Å²) in [7, 11) is 0. The summed E-state index contributed by atoms with van der Waals surface area (Å²) in [6.07, 6.45) is 0. The van der Waals surface area contributed by atoms with Crippen molar-refractivity contribution >= 4 is 11.5 Å². The molecule has 1 aromatic heterocycles. The molecule has 2 aromatic rings. The number of nitrogens with one attached hydrogen (secondary N) is 1. The number of rotatable bonds is 2. The molecule has 4 nitrogen and oxygen atoms in total. The van der Waals surface area contributed by atoms with Gasteiger partial charge >= 0.3 is 10.6 Å². The Morgan fingerprint density at radius 1 is 1.27 bits per heavy atom. The Balaban J connectivity index is 2.34. The second kappa shape index (κ2) is 3.82. The van der Waals surface area contributed by atoms with Crippen molar-refractivity contribution in [3.05, 3.63) is 55.8 Å². The fourth-order valence-electron chi connectivity index (χ4n) is 1.19. The number of benzene rings is 1. The van der Waals surface area contributed by atoms with Gasteiger partial charge in [0, 0.05) is 11.5 Å². The van der Waals surface area contributed by atoms with E-state index in [0.717, 1.165) is 16.1 Å². The molecule has 0 atom stereocenters. The number of nitrogens with zero attached hydrogens (tertiary/aromatic N) is 1. The maximum atomic E-state index is 12.6. The van der Waals surface area contributed by atoms with Crippen LogP contribution in [0.4, 0.5) is 4.39 Å². The van der Waals surface area contributed by atoms with E-state index in [1.54, 1.807) is 12.1 Å². The molecule has 78 valence electrons. The molecule has 1 aromatic carbocycles. The number of hydrogen-bond acceptors (Lipinski definition) is 3. The largest absolute Gasteiger partial charge is 0.338 e. The van der Waals surface area contributed by atoms with Gasteiger partial charge in [0.15, 0.2) is 0 Å². The summed E-state index contributed by atoms with van der Waals surface area (Å²) >= 11 is 0.749. The molecule has 1 heterocycles. The number of aromatic amines is 1. The van der Waals surface area contributed by atoms with Crippen LogP contribution in [0, 0.1) is 5.82 Å². The molecule has 2 rings (SSSR count). The predicted octanol–water partition coefficient (Wildman–Crippen LogP) is 0.785. The first-order chi connectivity index (χ1) is 7.16. The van der Waals surface area contributed by atoms with Gasteiger partial charge in [-0.15, -0.1) is 0 Å². The molecular formula is C9H7FN2O2S. The summed E-state index contributed by atoms with van der Waals surface area (Å²) in [5, 5.41) is 0. The quantitative estimate of drug-likeness (QED) is 0.823. The summed E-state index contributed by atoms with van der Waals surface area (Å²) in [4.78, 5) is 22.0. The van der Waals surface area contributed by atoms with Gasteiger partial charge in [-0.3, -0.25) is 9.17 Å². The van der Waals surface area contributed by atoms with Crippen molar-refractivity contribution in [2.24, 2.45) is 0 Å². The molecule has 0 saturated carbocycles. The van der Waals surface area contributed by atoms with Gasteiger partial charge in [-0.05, 0) is 17.7 Å². The number of aromatic nitrogens is 2. The molecule has 0 unspecified atom stereocenters. The molecule has 1 N–H and O–H groups in total. The van der Waals surface area contributed by atoms with E-state index in [1.807, 2.05) is 0 Å². The van der Waals surface area contributed by atoms with E-state index in [9.17, 15) is 14.0 Å². The van der Waals surface area contributed by atoms with Crippen molar-refractivity contribution < 1.29 is 4.39 Å². The molecule has 0 bridgehead atoms. The lowest BCUT2D eigenvalue weighted by molar-refractivity contribution is 0.626. The molecule has 0 radical (unpaired) electrons. The second-order valence-electron chi connectivity index (χ2n) is 2.99. The summed E-state index contributed by atoms with van der Waals surface area (Å²) in [5.41, 5.74) is 0.275. The Morgan fingerprint density at radius 2 is 1.93 bits per heavy atom. The third-order valence-electron chi connectivity index (χ3n) is 1.95. The van der Waals surface area contributed by atoms with Gasteiger partial charge in [-0.1, -0.05) is 12.1 Å². The van der Waals surface area contributed by atoms with E-state index in [0.29, 0.717) is 5.56 Å². The van der Waals surface area contributed by atoms with Gasteiger partial charge in [0.2, 0.25) is 0 Å². The monoisotopic (exact) mass is 226 g/mol. The van der Waals surface area contributed by atoms with Crippen molar-refractivity contribution in [3.8, 4) is 0 Å². The molecule has 0 aliphatic rings. The van der Waals surface area contributed by atoms with Crippen LogP contribution in [0.5, 0.6) is 0 Å². The predicted molar refractivity (Wildman–Crippen MR) is 54.7 cm³/mol. The molecule has 0 spiro atoms. The molecule has 0 aliphatic carbocycles. The van der Waals surface area contributed by atoms with Crippen LogP contribution in [0.15, 0.2) is 33.9 Å². The topological polar surface area (TPSA) is 54.9 Å². The average molecular weight is 226 g/mol. The van der Waals surface area contributed by atoms with Crippen molar-refractivity contribution in [2.75, 3.05) is 0 Å². The maximum Gasteiger partial charge on any atom is 0.338 e. The third kappa shape index (κ3) is 2.04. The lowest BCUT2D eigenvalue weighted by Crippen LogP contribution is -2.26. The summed E-state index contributed by atoms with van der Waals surface area (Å²) in [6, 6.07) is 5.67. The lowest BCUT2D eigenvalue weighted by atomic mass is 10.2. The Bertz CT molecular complexity index is 539. The summed E-state index contributed by atoms with van der Waals surface area (Å²) < 4.78 is 16.0. The van der Waals surface area contributed by atoms with E-state index in [4.69, 9.17) is 0 Å². The molecule has 0 fully saturated rings. The highest BCUT2D eigenvalue weighted by molar-refractivity contribution is 7.02. The minimum atomic E-state index is -0.436. The van der Waals surface area contributed by atoms with Crippen molar-refractivity contribution in [2.45, 2.75) is 6.54 Å². The molecule has 15 heavy (non-hydrogen) atoms. The fourth-order valence-corrected chi connectivity index (χ4v) is 1.73. The first-order valence-corrected chi connectivity index (χ1v) is 5.01. The summed E-state index contributed by atoms with van der Waals surface area (Å²) in [6.45, 7) is 0.165. The zero-order chi connectivity index (χ0) is 10.8. The van der Waals surface area contributed by atoms with E-state index in [1.165, 1.54) is 12.1 Å². The first-order valence-electron chi connectivity index (χ1n) is 4.19. The zero-order valence-electron chi connectivity index (χ0n) is 7.57. The Kier molecular flexibility index (Phi) is 2.51. The van der Waals surface area contributed by atoms with Crippen LogP contribution < -0.4 is 10.6 Å². The Morgan fingerprint density at radius 3 is 2.47 bits per heavy atom. The normalized spacial score (nSPS) is 10.5. The number of H-pyrrole nitrogens is 1. The average Bonchev–Trinajstić information content (AvgIpc) is 2.53. The second-order valence-corrected chi connectivity index (χ2v) is 3.75. The van der Waals surface area contributed by atoms with Crippen LogP contribution in [0.2, 0.25) is 0 Å².